The summed E-state index contributed by atoms with van der Waals surface area (Å²) >= 11 is 2.07. The van der Waals surface area contributed by atoms with Crippen LogP contribution in [0.25, 0.3) is 0 Å². The monoisotopic (exact) mass is 279 g/mol. The molecule has 0 unspecified atom stereocenters. The quantitative estimate of drug-likeness (QED) is 0.904. The number of hydrogen-bond acceptors (Lipinski definition) is 4. The van der Waals surface area contributed by atoms with Crippen molar-refractivity contribution in [2.45, 2.75) is 45.4 Å². The molecule has 3 nitrogen and oxygen atoms in total. The van der Waals surface area contributed by atoms with Crippen LogP contribution in [-0.4, -0.2) is 28.6 Å². The van der Waals surface area contributed by atoms with Crippen LogP contribution in [0.1, 0.15) is 37.2 Å². The second-order valence-corrected chi connectivity index (χ2v) is 7.70. The minimum absolute atomic E-state index is 0.384. The first kappa shape index (κ1) is 14.7. The number of aromatic nitrogens is 1. The largest absolute Gasteiger partial charge is 0.370 e. The van der Waals surface area contributed by atoms with Gasteiger partial charge in [0.15, 0.2) is 0 Å². The highest BCUT2D eigenvalue weighted by Crippen LogP contribution is 2.33. The fourth-order valence-electron chi connectivity index (χ4n) is 2.63. The summed E-state index contributed by atoms with van der Waals surface area (Å²) in [6.45, 7) is 11.6. The van der Waals surface area contributed by atoms with Crippen molar-refractivity contribution in [2.75, 3.05) is 23.7 Å². The maximum atomic E-state index is 5.93. The molecule has 0 aromatic carbocycles. The predicted octanol–water partition coefficient (Wildman–Crippen LogP) is 2.88. The third-order valence-corrected chi connectivity index (χ3v) is 5.19. The Morgan fingerprint density at radius 1 is 1.37 bits per heavy atom. The number of thioether (sulfide) groups is 1. The van der Waals surface area contributed by atoms with Crippen molar-refractivity contribution in [3.63, 3.8) is 0 Å². The van der Waals surface area contributed by atoms with Crippen LogP contribution in [0.2, 0.25) is 0 Å². The molecule has 2 N–H and O–H groups in total. The normalized spacial score (nSPS) is 19.3. The van der Waals surface area contributed by atoms with Crippen LogP contribution >= 0.6 is 11.8 Å². The van der Waals surface area contributed by atoms with Crippen molar-refractivity contribution in [1.29, 1.82) is 0 Å². The Labute approximate surface area is 121 Å². The van der Waals surface area contributed by atoms with Crippen LogP contribution in [0.15, 0.2) is 6.07 Å². The van der Waals surface area contributed by atoms with Gasteiger partial charge < -0.3 is 10.6 Å². The molecule has 0 saturated carbocycles. The molecule has 106 valence electrons. The Bertz CT molecular complexity index is 457. The van der Waals surface area contributed by atoms with E-state index in [1.807, 2.05) is 0 Å². The van der Waals surface area contributed by atoms with E-state index in [-0.39, 0.29) is 0 Å². The Kier molecular flexibility index (Phi) is 4.41. The number of pyridine rings is 1. The van der Waals surface area contributed by atoms with Crippen LogP contribution in [-0.2, 0) is 6.54 Å². The van der Waals surface area contributed by atoms with Crippen molar-refractivity contribution in [1.82, 2.24) is 4.98 Å². The zero-order valence-corrected chi connectivity index (χ0v) is 13.3. The topological polar surface area (TPSA) is 42.1 Å². The summed E-state index contributed by atoms with van der Waals surface area (Å²) in [5.41, 5.74) is 10.6. The molecule has 1 saturated heterocycles. The van der Waals surface area contributed by atoms with Gasteiger partial charge in [-0.3, -0.25) is 4.98 Å². The smallest absolute Gasteiger partial charge is 0.0448 e. The zero-order chi connectivity index (χ0) is 14.0. The minimum atomic E-state index is 0.384. The van der Waals surface area contributed by atoms with Crippen molar-refractivity contribution in [2.24, 2.45) is 5.73 Å². The molecule has 1 aromatic rings. The highest BCUT2D eigenvalue weighted by molar-refractivity contribution is 8.00. The van der Waals surface area contributed by atoms with Gasteiger partial charge in [0.1, 0.15) is 0 Å². The molecule has 2 heterocycles. The maximum Gasteiger partial charge on any atom is 0.0448 e. The van der Waals surface area contributed by atoms with E-state index in [1.165, 1.54) is 23.4 Å². The summed E-state index contributed by atoms with van der Waals surface area (Å²) in [5, 5.41) is 0. The Morgan fingerprint density at radius 3 is 2.79 bits per heavy atom. The molecule has 0 atom stereocenters. The summed E-state index contributed by atoms with van der Waals surface area (Å²) in [7, 11) is 0. The average molecular weight is 279 g/mol. The average Bonchev–Trinajstić information content (AvgIpc) is 2.49. The molecule has 0 radical (unpaired) electrons. The van der Waals surface area contributed by atoms with Gasteiger partial charge >= 0.3 is 0 Å². The van der Waals surface area contributed by atoms with Crippen molar-refractivity contribution in [3.8, 4) is 0 Å². The number of nitrogens with zero attached hydrogens (tertiary/aromatic N) is 2. The van der Waals surface area contributed by atoms with Crippen LogP contribution in [0.3, 0.4) is 0 Å². The van der Waals surface area contributed by atoms with Crippen molar-refractivity contribution < 1.29 is 0 Å². The zero-order valence-electron chi connectivity index (χ0n) is 12.5. The van der Waals surface area contributed by atoms with E-state index >= 15 is 0 Å². The van der Waals surface area contributed by atoms with Gasteiger partial charge in [-0.15, -0.1) is 0 Å². The van der Waals surface area contributed by atoms with Crippen molar-refractivity contribution in [3.05, 3.63) is 23.0 Å². The van der Waals surface area contributed by atoms with Gasteiger partial charge in [0.2, 0.25) is 0 Å². The third kappa shape index (κ3) is 3.42. The molecule has 0 bridgehead atoms. The lowest BCUT2D eigenvalue weighted by Gasteiger charge is -2.27. The van der Waals surface area contributed by atoms with Gasteiger partial charge in [-0.2, -0.15) is 11.8 Å². The molecule has 1 aromatic heterocycles. The summed E-state index contributed by atoms with van der Waals surface area (Å²) in [6.07, 6.45) is 1.21. The van der Waals surface area contributed by atoms with Gasteiger partial charge in [0.05, 0.1) is 0 Å². The highest BCUT2D eigenvalue weighted by atomic mass is 32.2. The molecule has 0 aliphatic carbocycles. The molecule has 0 spiro atoms. The Morgan fingerprint density at radius 2 is 2.11 bits per heavy atom. The van der Waals surface area contributed by atoms with E-state index in [0.717, 1.165) is 24.5 Å². The number of hydrogen-bond donors (Lipinski definition) is 1. The highest BCUT2D eigenvalue weighted by Gasteiger charge is 2.25. The molecule has 1 aliphatic rings. The molecule has 0 amide bonds. The van der Waals surface area contributed by atoms with Gasteiger partial charge in [0, 0.05) is 52.8 Å². The lowest BCUT2D eigenvalue weighted by Crippen LogP contribution is -2.29. The van der Waals surface area contributed by atoms with Crippen LogP contribution in [0.5, 0.6) is 0 Å². The van der Waals surface area contributed by atoms with E-state index in [9.17, 15) is 0 Å². The Balaban J connectivity index is 2.31. The van der Waals surface area contributed by atoms with Crippen molar-refractivity contribution >= 4 is 17.4 Å². The lowest BCUT2D eigenvalue weighted by molar-refractivity contribution is 0.636. The summed E-state index contributed by atoms with van der Waals surface area (Å²) in [4.78, 5) is 7.03. The van der Waals surface area contributed by atoms with Crippen LogP contribution in [0, 0.1) is 13.8 Å². The third-order valence-electron chi connectivity index (χ3n) is 3.82. The lowest BCUT2D eigenvalue weighted by atomic mass is 10.1. The molecular weight excluding hydrogens is 254 g/mol. The van der Waals surface area contributed by atoms with E-state index < -0.39 is 0 Å². The predicted molar refractivity (Wildman–Crippen MR) is 85.0 cm³/mol. The molecular formula is C15H25N3S. The van der Waals surface area contributed by atoms with Crippen LogP contribution < -0.4 is 10.6 Å². The van der Waals surface area contributed by atoms with E-state index in [1.54, 1.807) is 0 Å². The van der Waals surface area contributed by atoms with Gasteiger partial charge in [-0.25, -0.2) is 0 Å². The summed E-state index contributed by atoms with van der Waals surface area (Å²) < 4.78 is 0.384. The molecule has 1 fully saturated rings. The first-order valence-electron chi connectivity index (χ1n) is 6.99. The molecule has 1 aliphatic heterocycles. The Hall–Kier alpha value is -0.740. The first-order valence-corrected chi connectivity index (χ1v) is 7.97. The van der Waals surface area contributed by atoms with Gasteiger partial charge in [0.25, 0.3) is 0 Å². The molecule has 4 heteroatoms. The second kappa shape index (κ2) is 5.71. The molecule has 2 rings (SSSR count). The van der Waals surface area contributed by atoms with Gasteiger partial charge in [-0.1, -0.05) is 13.8 Å². The number of anilines is 1. The first-order chi connectivity index (χ1) is 8.93. The standard InChI is InChI=1S/C15H25N3S/c1-11-9-14(13(10-16)12(2)17-11)18-6-5-15(3,4)19-8-7-18/h9H,5-8,10,16H2,1-4H3. The van der Waals surface area contributed by atoms with E-state index in [0.29, 0.717) is 11.3 Å². The summed E-state index contributed by atoms with van der Waals surface area (Å²) in [5.74, 6) is 1.18. The van der Waals surface area contributed by atoms with E-state index in [2.05, 4.69) is 55.4 Å². The number of aryl methyl sites for hydroxylation is 2. The number of rotatable bonds is 2. The number of nitrogens with two attached hydrogens (primary N) is 1. The summed E-state index contributed by atoms with van der Waals surface area (Å²) in [6, 6.07) is 2.19. The molecule has 19 heavy (non-hydrogen) atoms. The fraction of sp³-hybridized carbons (Fsp3) is 0.667. The van der Waals surface area contributed by atoms with Gasteiger partial charge in [-0.05, 0) is 26.3 Å². The fourth-order valence-corrected chi connectivity index (χ4v) is 3.73. The SMILES string of the molecule is Cc1cc(N2CCSC(C)(C)CC2)c(CN)c(C)n1. The van der Waals surface area contributed by atoms with Crippen LogP contribution in [0.4, 0.5) is 5.69 Å². The second-order valence-electron chi connectivity index (χ2n) is 5.90. The van der Waals surface area contributed by atoms with E-state index in [4.69, 9.17) is 5.73 Å². The minimum Gasteiger partial charge on any atom is -0.370 e. The maximum absolute atomic E-state index is 5.93.